The lowest BCUT2D eigenvalue weighted by molar-refractivity contribution is -0.202. The van der Waals surface area contributed by atoms with E-state index in [4.69, 9.17) is 4.74 Å². The molecule has 1 saturated heterocycles. The Balaban J connectivity index is 1.23. The van der Waals surface area contributed by atoms with Gasteiger partial charge in [-0.1, -0.05) is 66.7 Å². The van der Waals surface area contributed by atoms with Crippen LogP contribution in [0.25, 0.3) is 0 Å². The maximum absolute atomic E-state index is 12.9. The molecule has 3 fully saturated rings. The summed E-state index contributed by atoms with van der Waals surface area (Å²) in [5.74, 6) is 1.64. The molecule has 5 atom stereocenters. The average molecular weight is 523 g/mol. The molecule has 2 aliphatic heterocycles. The highest BCUT2D eigenvalue weighted by atomic mass is 16.5. The molecular weight excluding hydrogens is 484 g/mol. The molecule has 0 aromatic heterocycles. The first kappa shape index (κ1) is 24.0. The van der Waals surface area contributed by atoms with Crippen LogP contribution in [0.3, 0.4) is 0 Å². The molecule has 0 radical (unpaired) electrons. The third-order valence-electron chi connectivity index (χ3n) is 10.7. The van der Waals surface area contributed by atoms with Crippen LogP contribution in [0.1, 0.15) is 54.4 Å². The highest BCUT2D eigenvalue weighted by Crippen LogP contribution is 2.66. The van der Waals surface area contributed by atoms with Crippen LogP contribution < -0.4 is 4.74 Å². The van der Waals surface area contributed by atoms with Crippen LogP contribution in [0.2, 0.25) is 0 Å². The number of rotatable bonds is 7. The molecule has 5 heteroatoms. The summed E-state index contributed by atoms with van der Waals surface area (Å²) in [6.07, 6.45) is 5.80. The minimum absolute atomic E-state index is 0.110. The van der Waals surface area contributed by atoms with E-state index in [0.29, 0.717) is 5.75 Å². The Bertz CT molecular complexity index is 1330. The predicted molar refractivity (Wildman–Crippen MR) is 151 cm³/mol. The topological polar surface area (TPSA) is 56.2 Å². The first-order valence-corrected chi connectivity index (χ1v) is 14.9. The van der Waals surface area contributed by atoms with E-state index in [1.165, 1.54) is 29.5 Å². The van der Waals surface area contributed by atoms with Crippen molar-refractivity contribution >= 4 is 0 Å². The largest absolute Gasteiger partial charge is 0.504 e. The van der Waals surface area contributed by atoms with E-state index in [0.717, 1.165) is 63.3 Å². The molecule has 1 unspecified atom stereocenters. The van der Waals surface area contributed by atoms with E-state index in [-0.39, 0.29) is 23.9 Å². The van der Waals surface area contributed by atoms with Gasteiger partial charge in [-0.05, 0) is 73.7 Å². The monoisotopic (exact) mass is 522 g/mol. The van der Waals surface area contributed by atoms with Crippen molar-refractivity contribution in [3.63, 3.8) is 0 Å². The maximum Gasteiger partial charge on any atom is 0.165 e. The van der Waals surface area contributed by atoms with E-state index >= 15 is 0 Å². The SMILES string of the molecule is Oc1ccc2c3c1O[C@@H]1[C@@H](N(Cc4ccccc4)Cc4ccccc4)CC[C@]4(O)C(C2)N(CC2CC2)CC[C@@]314. The normalized spacial score (nSPS) is 32.6. The summed E-state index contributed by atoms with van der Waals surface area (Å²) in [6.45, 7) is 3.73. The zero-order valence-electron chi connectivity index (χ0n) is 22.5. The molecule has 2 heterocycles. The second kappa shape index (κ2) is 8.82. The smallest absolute Gasteiger partial charge is 0.165 e. The Morgan fingerprint density at radius 3 is 2.23 bits per heavy atom. The van der Waals surface area contributed by atoms with Crippen molar-refractivity contribution in [2.45, 2.75) is 80.8 Å². The summed E-state index contributed by atoms with van der Waals surface area (Å²) < 4.78 is 6.90. The fraction of sp³-hybridized carbons (Fsp3) is 0.471. The van der Waals surface area contributed by atoms with Gasteiger partial charge in [0.2, 0.25) is 0 Å². The van der Waals surface area contributed by atoms with Gasteiger partial charge in [0.05, 0.1) is 11.0 Å². The number of aromatic hydroxyl groups is 1. The summed E-state index contributed by atoms with van der Waals surface area (Å²) in [7, 11) is 0. The van der Waals surface area contributed by atoms with Crippen LogP contribution in [-0.4, -0.2) is 56.9 Å². The van der Waals surface area contributed by atoms with Crippen molar-refractivity contribution in [1.82, 2.24) is 9.80 Å². The zero-order chi connectivity index (χ0) is 26.2. The van der Waals surface area contributed by atoms with E-state index in [2.05, 4.69) is 76.5 Å². The van der Waals surface area contributed by atoms with Crippen molar-refractivity contribution in [2.24, 2.45) is 5.92 Å². The Morgan fingerprint density at radius 1 is 0.872 bits per heavy atom. The molecular formula is C34H38N2O3. The number of ether oxygens (including phenoxy) is 1. The molecule has 5 aliphatic rings. The van der Waals surface area contributed by atoms with E-state index < -0.39 is 11.0 Å². The minimum atomic E-state index is -0.849. The van der Waals surface area contributed by atoms with Crippen molar-refractivity contribution in [2.75, 3.05) is 13.1 Å². The summed E-state index contributed by atoms with van der Waals surface area (Å²) in [5.41, 5.74) is 3.60. The minimum Gasteiger partial charge on any atom is -0.504 e. The van der Waals surface area contributed by atoms with Gasteiger partial charge in [0.1, 0.15) is 6.10 Å². The number of benzene rings is 3. The number of likely N-dealkylation sites (tertiary alicyclic amines) is 1. The lowest BCUT2D eigenvalue weighted by atomic mass is 9.48. The van der Waals surface area contributed by atoms with Gasteiger partial charge in [-0.15, -0.1) is 0 Å². The predicted octanol–water partition coefficient (Wildman–Crippen LogP) is 5.03. The van der Waals surface area contributed by atoms with E-state index in [1.54, 1.807) is 0 Å². The van der Waals surface area contributed by atoms with Crippen molar-refractivity contribution in [3.05, 3.63) is 95.1 Å². The number of phenols is 1. The van der Waals surface area contributed by atoms with E-state index in [1.807, 2.05) is 6.07 Å². The summed E-state index contributed by atoms with van der Waals surface area (Å²) in [5, 5.41) is 23.9. The first-order valence-electron chi connectivity index (χ1n) is 14.9. The number of phenolic OH excluding ortho intramolecular Hbond substituents is 1. The zero-order valence-corrected chi connectivity index (χ0v) is 22.5. The molecule has 1 spiro atoms. The molecule has 0 amide bonds. The van der Waals surface area contributed by atoms with Crippen LogP contribution in [0.4, 0.5) is 0 Å². The van der Waals surface area contributed by atoms with Crippen LogP contribution in [-0.2, 0) is 24.9 Å². The lowest BCUT2D eigenvalue weighted by Crippen LogP contribution is -2.78. The number of hydrogen-bond donors (Lipinski definition) is 2. The van der Waals surface area contributed by atoms with Gasteiger partial charge in [0.15, 0.2) is 11.5 Å². The molecule has 8 rings (SSSR count). The highest BCUT2D eigenvalue weighted by Gasteiger charge is 2.73. The number of piperidine rings is 1. The van der Waals surface area contributed by atoms with Crippen LogP contribution in [0, 0.1) is 5.92 Å². The van der Waals surface area contributed by atoms with Crippen LogP contribution in [0.5, 0.6) is 11.5 Å². The molecule has 202 valence electrons. The summed E-state index contributed by atoms with van der Waals surface area (Å²) in [4.78, 5) is 5.19. The van der Waals surface area contributed by atoms with Gasteiger partial charge in [-0.3, -0.25) is 9.80 Å². The first-order chi connectivity index (χ1) is 19.1. The Morgan fingerprint density at radius 2 is 1.56 bits per heavy atom. The molecule has 2 bridgehead atoms. The molecule has 3 aromatic rings. The van der Waals surface area contributed by atoms with Crippen molar-refractivity contribution < 1.29 is 14.9 Å². The Kier molecular flexibility index (Phi) is 5.42. The summed E-state index contributed by atoms with van der Waals surface area (Å²) in [6, 6.07) is 25.6. The lowest BCUT2D eigenvalue weighted by Gasteiger charge is -2.65. The van der Waals surface area contributed by atoms with Crippen LogP contribution >= 0.6 is 0 Å². The quantitative estimate of drug-likeness (QED) is 0.456. The van der Waals surface area contributed by atoms with Gasteiger partial charge in [-0.2, -0.15) is 0 Å². The van der Waals surface area contributed by atoms with Gasteiger partial charge in [0.25, 0.3) is 0 Å². The molecule has 3 aromatic carbocycles. The van der Waals surface area contributed by atoms with Gasteiger partial charge in [-0.25, -0.2) is 0 Å². The second-order valence-corrected chi connectivity index (χ2v) is 12.8. The van der Waals surface area contributed by atoms with Crippen molar-refractivity contribution in [3.8, 4) is 11.5 Å². The average Bonchev–Trinajstić information content (AvgIpc) is 3.70. The fourth-order valence-electron chi connectivity index (χ4n) is 8.76. The van der Waals surface area contributed by atoms with Gasteiger partial charge in [0, 0.05) is 37.3 Å². The fourth-order valence-corrected chi connectivity index (χ4v) is 8.76. The summed E-state index contributed by atoms with van der Waals surface area (Å²) >= 11 is 0. The Labute approximate surface area is 231 Å². The molecule has 2 saturated carbocycles. The maximum atomic E-state index is 12.9. The van der Waals surface area contributed by atoms with Gasteiger partial charge >= 0.3 is 0 Å². The molecule has 39 heavy (non-hydrogen) atoms. The third-order valence-corrected chi connectivity index (χ3v) is 10.7. The van der Waals surface area contributed by atoms with Crippen molar-refractivity contribution in [1.29, 1.82) is 0 Å². The van der Waals surface area contributed by atoms with E-state index in [9.17, 15) is 10.2 Å². The second-order valence-electron chi connectivity index (χ2n) is 12.8. The molecule has 3 aliphatic carbocycles. The number of nitrogens with zero attached hydrogens (tertiary/aromatic N) is 2. The Hall–Kier alpha value is -2.86. The standard InChI is InChI=1S/C34H38N2O3/c37-28-14-13-26-19-29-34(38)16-15-27(36(21-23-7-3-1-4-8-23)22-24-9-5-2-6-10-24)32-33(34,30(26)31(28)39-32)17-18-35(29)20-25-11-12-25/h1-10,13-14,25,27,29,32,37-38H,11-12,15-22H2/t27-,29?,32+,33+,34-/m0/s1. The molecule has 2 N–H and O–H groups in total. The highest BCUT2D eigenvalue weighted by molar-refractivity contribution is 5.62. The third kappa shape index (κ3) is 3.56. The van der Waals surface area contributed by atoms with Gasteiger partial charge < -0.3 is 14.9 Å². The molecule has 5 nitrogen and oxygen atoms in total. The number of aliphatic hydroxyl groups is 1. The van der Waals surface area contributed by atoms with Crippen LogP contribution in [0.15, 0.2) is 72.8 Å². The number of hydrogen-bond acceptors (Lipinski definition) is 5.